The minimum Gasteiger partial charge on any atom is -0.497 e. The molecule has 2 nitrogen and oxygen atoms in total. The fourth-order valence-corrected chi connectivity index (χ4v) is 2.57. The molecule has 1 fully saturated rings. The van der Waals surface area contributed by atoms with Crippen LogP contribution in [0.3, 0.4) is 0 Å². The molecule has 1 saturated heterocycles. The Morgan fingerprint density at radius 2 is 1.76 bits per heavy atom. The van der Waals surface area contributed by atoms with Gasteiger partial charge in [0, 0.05) is 24.7 Å². The summed E-state index contributed by atoms with van der Waals surface area (Å²) >= 11 is 0. The topological polar surface area (TPSA) is 12.5 Å². The second-order valence-corrected chi connectivity index (χ2v) is 5.09. The van der Waals surface area contributed by atoms with Gasteiger partial charge in [-0.1, -0.05) is 0 Å². The first kappa shape index (κ1) is 15.9. The first-order chi connectivity index (χ1) is 9.74. The lowest BCUT2D eigenvalue weighted by Crippen LogP contribution is -2.43. The van der Waals surface area contributed by atoms with E-state index in [2.05, 4.69) is 0 Å². The standard InChI is InChI=1S/C14H16F5NO/c1-21-12-6-4-10(5-7-12)20-8-2-3-11(20)9-13(15,16)14(17,18)19/h4-7,11H,2-3,8-9H2,1H3/t11-/m0/s1. The van der Waals surface area contributed by atoms with Crippen molar-refractivity contribution in [1.29, 1.82) is 0 Å². The summed E-state index contributed by atoms with van der Waals surface area (Å²) in [7, 11) is 1.50. The molecule has 1 aliphatic rings. The summed E-state index contributed by atoms with van der Waals surface area (Å²) in [6.45, 7) is 0.477. The molecule has 2 rings (SSSR count). The third kappa shape index (κ3) is 3.39. The van der Waals surface area contributed by atoms with Crippen molar-refractivity contribution in [3.05, 3.63) is 24.3 Å². The quantitative estimate of drug-likeness (QED) is 0.771. The van der Waals surface area contributed by atoms with Crippen LogP contribution in [0.15, 0.2) is 24.3 Å². The van der Waals surface area contributed by atoms with Gasteiger partial charge in [0.1, 0.15) is 5.75 Å². The van der Waals surface area contributed by atoms with Crippen molar-refractivity contribution in [3.8, 4) is 5.75 Å². The van der Waals surface area contributed by atoms with Gasteiger partial charge in [-0.2, -0.15) is 22.0 Å². The molecule has 1 aliphatic heterocycles. The molecule has 0 unspecified atom stereocenters. The van der Waals surface area contributed by atoms with Crippen LogP contribution in [0.2, 0.25) is 0 Å². The molecule has 1 atom stereocenters. The van der Waals surface area contributed by atoms with E-state index in [9.17, 15) is 22.0 Å². The number of ether oxygens (including phenoxy) is 1. The molecule has 0 amide bonds. The van der Waals surface area contributed by atoms with E-state index in [0.29, 0.717) is 30.8 Å². The van der Waals surface area contributed by atoms with Gasteiger partial charge in [-0.05, 0) is 37.1 Å². The van der Waals surface area contributed by atoms with Crippen LogP contribution >= 0.6 is 0 Å². The Hall–Kier alpha value is -1.53. The highest BCUT2D eigenvalue weighted by molar-refractivity contribution is 5.50. The lowest BCUT2D eigenvalue weighted by molar-refractivity contribution is -0.285. The van der Waals surface area contributed by atoms with Crippen molar-refractivity contribution in [3.63, 3.8) is 0 Å². The third-order valence-corrected chi connectivity index (χ3v) is 3.69. The lowest BCUT2D eigenvalue weighted by atomic mass is 10.1. The third-order valence-electron chi connectivity index (χ3n) is 3.69. The van der Waals surface area contributed by atoms with E-state index in [0.717, 1.165) is 0 Å². The molecule has 118 valence electrons. The van der Waals surface area contributed by atoms with Crippen LogP contribution in [0.4, 0.5) is 27.6 Å². The minimum atomic E-state index is -5.50. The molecule has 0 aliphatic carbocycles. The average Bonchev–Trinajstić information content (AvgIpc) is 2.85. The van der Waals surface area contributed by atoms with Crippen LogP contribution < -0.4 is 9.64 Å². The minimum absolute atomic E-state index is 0.331. The predicted octanol–water partition coefficient (Wildman–Crippen LogP) is 4.25. The summed E-state index contributed by atoms with van der Waals surface area (Å²) < 4.78 is 68.4. The van der Waals surface area contributed by atoms with Crippen molar-refractivity contribution < 1.29 is 26.7 Å². The van der Waals surface area contributed by atoms with Gasteiger partial charge < -0.3 is 9.64 Å². The first-order valence-electron chi connectivity index (χ1n) is 6.60. The van der Waals surface area contributed by atoms with E-state index in [4.69, 9.17) is 4.74 Å². The summed E-state index contributed by atoms with van der Waals surface area (Å²) in [5.41, 5.74) is 0.635. The molecular formula is C14H16F5NO. The number of methoxy groups -OCH3 is 1. The Kier molecular flexibility index (Phi) is 4.30. The van der Waals surface area contributed by atoms with Gasteiger partial charge in [0.2, 0.25) is 0 Å². The van der Waals surface area contributed by atoms with Gasteiger partial charge in [0.05, 0.1) is 7.11 Å². The number of hydrogen-bond donors (Lipinski definition) is 0. The van der Waals surface area contributed by atoms with Crippen LogP contribution in [-0.2, 0) is 0 Å². The van der Waals surface area contributed by atoms with E-state index in [1.807, 2.05) is 0 Å². The number of alkyl halides is 5. The zero-order chi connectivity index (χ0) is 15.7. The smallest absolute Gasteiger partial charge is 0.453 e. The molecule has 0 bridgehead atoms. The fraction of sp³-hybridized carbons (Fsp3) is 0.571. The molecule has 0 N–H and O–H groups in total. The molecule has 0 saturated carbocycles. The Morgan fingerprint density at radius 3 is 2.29 bits per heavy atom. The zero-order valence-corrected chi connectivity index (χ0v) is 11.5. The molecule has 1 heterocycles. The maximum atomic E-state index is 13.2. The normalized spacial score (nSPS) is 19.9. The fourth-order valence-electron chi connectivity index (χ4n) is 2.57. The SMILES string of the molecule is COc1ccc(N2CCC[C@H]2CC(F)(F)C(F)(F)F)cc1. The molecule has 0 radical (unpaired) electrons. The molecule has 0 aromatic heterocycles. The Labute approximate surface area is 119 Å². The Morgan fingerprint density at radius 1 is 1.14 bits per heavy atom. The van der Waals surface area contributed by atoms with Crippen LogP contribution in [0, 0.1) is 0 Å². The zero-order valence-electron chi connectivity index (χ0n) is 11.5. The summed E-state index contributed by atoms with van der Waals surface area (Å²) in [4.78, 5) is 1.61. The van der Waals surface area contributed by atoms with E-state index in [1.54, 1.807) is 29.2 Å². The van der Waals surface area contributed by atoms with Gasteiger partial charge in [-0.15, -0.1) is 0 Å². The maximum Gasteiger partial charge on any atom is 0.453 e. The van der Waals surface area contributed by atoms with E-state index >= 15 is 0 Å². The number of nitrogens with zero attached hydrogens (tertiary/aromatic N) is 1. The largest absolute Gasteiger partial charge is 0.497 e. The Bertz CT molecular complexity index is 471. The molecule has 7 heteroatoms. The summed E-state index contributed by atoms with van der Waals surface area (Å²) in [6, 6.07) is 5.85. The lowest BCUT2D eigenvalue weighted by Gasteiger charge is -2.30. The molecule has 1 aromatic carbocycles. The van der Waals surface area contributed by atoms with Crippen LogP contribution in [-0.4, -0.2) is 31.8 Å². The first-order valence-corrected chi connectivity index (χ1v) is 6.60. The molecular weight excluding hydrogens is 293 g/mol. The van der Waals surface area contributed by atoms with Crippen LogP contribution in [0.1, 0.15) is 19.3 Å². The predicted molar refractivity (Wildman–Crippen MR) is 69.0 cm³/mol. The van der Waals surface area contributed by atoms with Crippen LogP contribution in [0.25, 0.3) is 0 Å². The highest BCUT2D eigenvalue weighted by Gasteiger charge is 2.58. The molecule has 1 aromatic rings. The molecule has 0 spiro atoms. The summed E-state index contributed by atoms with van der Waals surface area (Å²) in [5.74, 6) is -4.05. The maximum absolute atomic E-state index is 13.2. The number of hydrogen-bond acceptors (Lipinski definition) is 2. The van der Waals surface area contributed by atoms with Crippen molar-refractivity contribution in [2.24, 2.45) is 0 Å². The highest BCUT2D eigenvalue weighted by Crippen LogP contribution is 2.42. The van der Waals surface area contributed by atoms with Gasteiger partial charge in [-0.25, -0.2) is 0 Å². The van der Waals surface area contributed by atoms with Crippen molar-refractivity contribution in [1.82, 2.24) is 0 Å². The average molecular weight is 309 g/mol. The number of anilines is 1. The van der Waals surface area contributed by atoms with Crippen molar-refractivity contribution in [2.75, 3.05) is 18.6 Å². The number of rotatable bonds is 4. The van der Waals surface area contributed by atoms with Gasteiger partial charge >= 0.3 is 12.1 Å². The Balaban J connectivity index is 2.13. The highest BCUT2D eigenvalue weighted by atomic mass is 19.4. The van der Waals surface area contributed by atoms with Gasteiger partial charge in [0.25, 0.3) is 0 Å². The summed E-state index contributed by atoms with van der Waals surface area (Å²) in [5, 5.41) is 0. The van der Waals surface area contributed by atoms with E-state index in [-0.39, 0.29) is 0 Å². The monoisotopic (exact) mass is 309 g/mol. The van der Waals surface area contributed by atoms with Gasteiger partial charge in [0.15, 0.2) is 0 Å². The van der Waals surface area contributed by atoms with Crippen molar-refractivity contribution >= 4 is 5.69 Å². The van der Waals surface area contributed by atoms with E-state index in [1.165, 1.54) is 7.11 Å². The number of halogens is 5. The second-order valence-electron chi connectivity index (χ2n) is 5.09. The van der Waals surface area contributed by atoms with Crippen molar-refractivity contribution in [2.45, 2.75) is 37.4 Å². The van der Waals surface area contributed by atoms with Crippen LogP contribution in [0.5, 0.6) is 5.75 Å². The van der Waals surface area contributed by atoms with E-state index < -0.39 is 24.6 Å². The summed E-state index contributed by atoms with van der Waals surface area (Å²) in [6.07, 6.45) is -5.77. The van der Waals surface area contributed by atoms with Gasteiger partial charge in [-0.3, -0.25) is 0 Å². The second kappa shape index (κ2) is 5.69. The molecule has 21 heavy (non-hydrogen) atoms. The number of benzene rings is 1.